The monoisotopic (exact) mass is 280 g/mol. The Labute approximate surface area is 114 Å². The lowest BCUT2D eigenvalue weighted by molar-refractivity contribution is 1.40. The van der Waals surface area contributed by atoms with Crippen LogP contribution in [0.4, 0.5) is 11.4 Å². The molecule has 0 amide bonds. The van der Waals surface area contributed by atoms with E-state index >= 15 is 0 Å². The van der Waals surface area contributed by atoms with E-state index in [1.54, 1.807) is 23.1 Å². The summed E-state index contributed by atoms with van der Waals surface area (Å²) in [5, 5.41) is 7.42. The first-order chi connectivity index (χ1) is 8.22. The molecular weight excluding hydrogens is 268 g/mol. The molecule has 0 unspecified atom stereocenters. The number of thioether (sulfide) groups is 1. The van der Waals surface area contributed by atoms with Gasteiger partial charge in [0.05, 0.1) is 0 Å². The third-order valence-electron chi connectivity index (χ3n) is 2.29. The Kier molecular flexibility index (Phi) is 4.04. The molecule has 0 saturated carbocycles. The Bertz CT molecular complexity index is 521. The molecule has 0 saturated heterocycles. The van der Waals surface area contributed by atoms with E-state index in [0.717, 1.165) is 21.8 Å². The highest BCUT2D eigenvalue weighted by atomic mass is 32.2. The molecule has 0 radical (unpaired) electrons. The molecule has 17 heavy (non-hydrogen) atoms. The van der Waals surface area contributed by atoms with Crippen LogP contribution in [0.5, 0.6) is 0 Å². The number of nitrogens with two attached hydrogens (primary N) is 1. The lowest BCUT2D eigenvalue weighted by Crippen LogP contribution is -2.13. The van der Waals surface area contributed by atoms with Crippen molar-refractivity contribution in [2.45, 2.75) is 4.90 Å². The zero-order chi connectivity index (χ0) is 12.3. The van der Waals surface area contributed by atoms with E-state index in [0.29, 0.717) is 4.99 Å². The number of nitrogens with one attached hydrogen (secondary N) is 1. The summed E-state index contributed by atoms with van der Waals surface area (Å²) in [4.78, 5) is 1.52. The fourth-order valence-electron chi connectivity index (χ4n) is 1.55. The van der Waals surface area contributed by atoms with Crippen LogP contribution in [0.15, 0.2) is 39.9 Å². The number of thiophene rings is 1. The molecule has 88 valence electrons. The van der Waals surface area contributed by atoms with Gasteiger partial charge in [0.1, 0.15) is 4.99 Å². The maximum Gasteiger partial charge on any atom is 0.107 e. The van der Waals surface area contributed by atoms with Crippen LogP contribution in [0.3, 0.4) is 0 Å². The average Bonchev–Trinajstić information content (AvgIpc) is 2.81. The minimum Gasteiger partial charge on any atom is -0.389 e. The predicted molar refractivity (Wildman–Crippen MR) is 81.7 cm³/mol. The highest BCUT2D eigenvalue weighted by Crippen LogP contribution is 2.29. The van der Waals surface area contributed by atoms with Gasteiger partial charge in [0.25, 0.3) is 0 Å². The first-order valence-corrected chi connectivity index (χ1v) is 7.56. The first-order valence-electron chi connectivity index (χ1n) is 4.98. The molecule has 0 atom stereocenters. The Morgan fingerprint density at radius 3 is 2.82 bits per heavy atom. The number of benzene rings is 1. The summed E-state index contributed by atoms with van der Waals surface area (Å²) in [6.45, 7) is 0. The Morgan fingerprint density at radius 2 is 2.24 bits per heavy atom. The highest BCUT2D eigenvalue weighted by Gasteiger charge is 2.10. The van der Waals surface area contributed by atoms with Crippen molar-refractivity contribution < 1.29 is 0 Å². The molecular formula is C12H12N2S3. The number of thiocarbonyl (C=S) groups is 1. The average molecular weight is 280 g/mol. The summed E-state index contributed by atoms with van der Waals surface area (Å²) < 4.78 is 0. The van der Waals surface area contributed by atoms with Crippen molar-refractivity contribution in [1.82, 2.24) is 0 Å². The standard InChI is InChI=1S/C12H12N2S3/c1-16-10-4-2-3-9(11(10)12(13)15)14-8-5-6-17-7-8/h2-7,14H,1H3,(H2,13,15). The number of hydrogen-bond donors (Lipinski definition) is 2. The van der Waals surface area contributed by atoms with Gasteiger partial charge >= 0.3 is 0 Å². The topological polar surface area (TPSA) is 38.0 Å². The SMILES string of the molecule is CSc1cccc(Nc2ccsc2)c1C(N)=S. The second kappa shape index (κ2) is 5.53. The minimum absolute atomic E-state index is 0.424. The zero-order valence-corrected chi connectivity index (χ0v) is 11.7. The smallest absolute Gasteiger partial charge is 0.107 e. The van der Waals surface area contributed by atoms with Crippen molar-refractivity contribution in [1.29, 1.82) is 0 Å². The van der Waals surface area contributed by atoms with Gasteiger partial charge < -0.3 is 11.1 Å². The van der Waals surface area contributed by atoms with Crippen LogP contribution < -0.4 is 11.1 Å². The van der Waals surface area contributed by atoms with Gasteiger partial charge in [-0.25, -0.2) is 0 Å². The predicted octanol–water partition coefficient (Wildman–Crippen LogP) is 3.85. The molecule has 0 aliphatic heterocycles. The van der Waals surface area contributed by atoms with Gasteiger partial charge in [-0.05, 0) is 29.8 Å². The lowest BCUT2D eigenvalue weighted by atomic mass is 10.1. The van der Waals surface area contributed by atoms with Crippen LogP contribution in [-0.2, 0) is 0 Å². The summed E-state index contributed by atoms with van der Waals surface area (Å²) >= 11 is 8.42. The summed E-state index contributed by atoms with van der Waals surface area (Å²) in [7, 11) is 0. The van der Waals surface area contributed by atoms with E-state index in [1.165, 1.54) is 0 Å². The van der Waals surface area contributed by atoms with Crippen molar-refractivity contribution >= 4 is 51.7 Å². The molecule has 2 rings (SSSR count). The van der Waals surface area contributed by atoms with Crippen LogP contribution in [0.25, 0.3) is 0 Å². The Balaban J connectivity index is 2.42. The summed E-state index contributed by atoms with van der Waals surface area (Å²) in [5.41, 5.74) is 8.74. The molecule has 0 bridgehead atoms. The van der Waals surface area contributed by atoms with Gasteiger partial charge in [-0.3, -0.25) is 0 Å². The molecule has 1 heterocycles. The quantitative estimate of drug-likeness (QED) is 0.659. The second-order valence-corrected chi connectivity index (χ2v) is 5.45. The molecule has 3 N–H and O–H groups in total. The van der Waals surface area contributed by atoms with Gasteiger partial charge in [0, 0.05) is 27.2 Å². The van der Waals surface area contributed by atoms with Crippen molar-refractivity contribution in [3.63, 3.8) is 0 Å². The molecule has 1 aromatic carbocycles. The molecule has 0 aliphatic rings. The molecule has 2 aromatic rings. The van der Waals surface area contributed by atoms with Gasteiger partial charge in [0.15, 0.2) is 0 Å². The maximum atomic E-state index is 5.80. The zero-order valence-electron chi connectivity index (χ0n) is 9.27. The molecule has 0 spiro atoms. The molecule has 0 aliphatic carbocycles. The fraction of sp³-hybridized carbons (Fsp3) is 0.0833. The van der Waals surface area contributed by atoms with E-state index in [-0.39, 0.29) is 0 Å². The van der Waals surface area contributed by atoms with Crippen molar-refractivity contribution in [2.24, 2.45) is 5.73 Å². The fourth-order valence-corrected chi connectivity index (χ4v) is 3.06. The summed E-state index contributed by atoms with van der Waals surface area (Å²) in [6.07, 6.45) is 2.02. The number of rotatable bonds is 4. The Hall–Kier alpha value is -1.04. The first kappa shape index (κ1) is 12.4. The molecule has 1 aromatic heterocycles. The van der Waals surface area contributed by atoms with E-state index < -0.39 is 0 Å². The normalized spacial score (nSPS) is 10.2. The van der Waals surface area contributed by atoms with Crippen LogP contribution >= 0.6 is 35.3 Å². The molecule has 0 fully saturated rings. The van der Waals surface area contributed by atoms with Gasteiger partial charge in [-0.1, -0.05) is 18.3 Å². The largest absolute Gasteiger partial charge is 0.389 e. The van der Waals surface area contributed by atoms with Crippen LogP contribution in [0.1, 0.15) is 5.56 Å². The van der Waals surface area contributed by atoms with Crippen LogP contribution in [-0.4, -0.2) is 11.2 Å². The number of hydrogen-bond acceptors (Lipinski definition) is 4. The number of anilines is 2. The van der Waals surface area contributed by atoms with Gasteiger partial charge in [0.2, 0.25) is 0 Å². The summed E-state index contributed by atoms with van der Waals surface area (Å²) in [5.74, 6) is 0. The van der Waals surface area contributed by atoms with Crippen molar-refractivity contribution in [3.05, 3.63) is 40.6 Å². The Morgan fingerprint density at radius 1 is 1.41 bits per heavy atom. The minimum atomic E-state index is 0.424. The maximum absolute atomic E-state index is 5.80. The molecule has 2 nitrogen and oxygen atoms in total. The highest BCUT2D eigenvalue weighted by molar-refractivity contribution is 7.98. The molecule has 5 heteroatoms. The van der Waals surface area contributed by atoms with Crippen LogP contribution in [0, 0.1) is 0 Å². The van der Waals surface area contributed by atoms with E-state index in [4.69, 9.17) is 18.0 Å². The third kappa shape index (κ3) is 2.80. The van der Waals surface area contributed by atoms with Crippen molar-refractivity contribution in [3.8, 4) is 0 Å². The van der Waals surface area contributed by atoms with E-state index in [9.17, 15) is 0 Å². The van der Waals surface area contributed by atoms with Gasteiger partial charge in [-0.2, -0.15) is 11.3 Å². The third-order valence-corrected chi connectivity index (χ3v) is 3.96. The van der Waals surface area contributed by atoms with E-state index in [2.05, 4.69) is 10.7 Å². The van der Waals surface area contributed by atoms with E-state index in [1.807, 2.05) is 35.9 Å². The van der Waals surface area contributed by atoms with Crippen LogP contribution in [0.2, 0.25) is 0 Å². The summed E-state index contributed by atoms with van der Waals surface area (Å²) in [6, 6.07) is 8.05. The van der Waals surface area contributed by atoms with Crippen molar-refractivity contribution in [2.75, 3.05) is 11.6 Å². The lowest BCUT2D eigenvalue weighted by Gasteiger charge is -2.13. The van der Waals surface area contributed by atoms with Gasteiger partial charge in [-0.15, -0.1) is 11.8 Å². The second-order valence-electron chi connectivity index (χ2n) is 3.38.